The van der Waals surface area contributed by atoms with Gasteiger partial charge in [0.05, 0.1) is 17.3 Å². The van der Waals surface area contributed by atoms with E-state index >= 15 is 0 Å². The summed E-state index contributed by atoms with van der Waals surface area (Å²) < 4.78 is 0. The number of aliphatic hydroxyl groups excluding tert-OH is 1. The summed E-state index contributed by atoms with van der Waals surface area (Å²) in [4.78, 5) is 16.1. The second-order valence-corrected chi connectivity index (χ2v) is 4.55. The van der Waals surface area contributed by atoms with Crippen molar-refractivity contribution in [3.05, 3.63) is 58.9 Å². The van der Waals surface area contributed by atoms with E-state index in [0.29, 0.717) is 22.7 Å². The summed E-state index contributed by atoms with van der Waals surface area (Å²) in [7, 11) is 0. The van der Waals surface area contributed by atoms with Crippen LogP contribution < -0.4 is 5.32 Å². The van der Waals surface area contributed by atoms with Gasteiger partial charge in [-0.05, 0) is 24.3 Å². The number of benzene rings is 1. The molecule has 0 unspecified atom stereocenters. The molecule has 5 heteroatoms. The Morgan fingerprint density at radius 1 is 1.29 bits per heavy atom. The molecule has 1 heterocycles. The monoisotopic (exact) mass is 300 g/mol. The maximum atomic E-state index is 12.0. The highest BCUT2D eigenvalue weighted by atomic mass is 35.5. The van der Waals surface area contributed by atoms with Crippen molar-refractivity contribution in [2.75, 3.05) is 11.9 Å². The summed E-state index contributed by atoms with van der Waals surface area (Å²) >= 11 is 5.98. The van der Waals surface area contributed by atoms with Crippen LogP contribution in [-0.4, -0.2) is 22.6 Å². The van der Waals surface area contributed by atoms with Crippen LogP contribution >= 0.6 is 11.6 Å². The van der Waals surface area contributed by atoms with E-state index in [1.165, 1.54) is 6.20 Å². The van der Waals surface area contributed by atoms with Gasteiger partial charge in [0.2, 0.25) is 0 Å². The van der Waals surface area contributed by atoms with Crippen LogP contribution in [0.25, 0.3) is 0 Å². The zero-order valence-corrected chi connectivity index (χ0v) is 11.9. The van der Waals surface area contributed by atoms with Gasteiger partial charge < -0.3 is 10.4 Å². The first-order valence-corrected chi connectivity index (χ1v) is 6.70. The van der Waals surface area contributed by atoms with E-state index in [-0.39, 0.29) is 18.2 Å². The normalized spacial score (nSPS) is 9.62. The minimum Gasteiger partial charge on any atom is -0.395 e. The Labute approximate surface area is 127 Å². The Morgan fingerprint density at radius 3 is 2.76 bits per heavy atom. The molecule has 0 aliphatic rings. The summed E-state index contributed by atoms with van der Waals surface area (Å²) in [6.07, 6.45) is 1.93. The average molecular weight is 301 g/mol. The van der Waals surface area contributed by atoms with Crippen LogP contribution in [0.15, 0.2) is 42.6 Å². The number of anilines is 1. The molecule has 1 aromatic carbocycles. The molecule has 0 bridgehead atoms. The first kappa shape index (κ1) is 15.0. The fourth-order valence-electron chi connectivity index (χ4n) is 1.57. The number of carbonyl (C=O) groups excluding carboxylic acids is 1. The maximum Gasteiger partial charge on any atom is 0.274 e. The van der Waals surface area contributed by atoms with E-state index in [9.17, 15) is 4.79 Å². The molecular formula is C16H13ClN2O2. The van der Waals surface area contributed by atoms with E-state index in [1.54, 1.807) is 36.4 Å². The second kappa shape index (κ2) is 7.44. The van der Waals surface area contributed by atoms with Crippen molar-refractivity contribution < 1.29 is 9.90 Å². The topological polar surface area (TPSA) is 62.2 Å². The van der Waals surface area contributed by atoms with Crippen molar-refractivity contribution in [3.8, 4) is 11.8 Å². The fourth-order valence-corrected chi connectivity index (χ4v) is 1.75. The van der Waals surface area contributed by atoms with Crippen LogP contribution in [0.1, 0.15) is 22.5 Å². The lowest BCUT2D eigenvalue weighted by Gasteiger charge is -2.06. The molecule has 1 amide bonds. The molecule has 2 rings (SSSR count). The van der Waals surface area contributed by atoms with E-state index < -0.39 is 0 Å². The number of para-hydroxylation sites is 1. The number of pyridine rings is 1. The standard InChI is InChI=1S/C16H13ClN2O2/c17-13-6-1-2-7-14(13)19-16(21)15-9-8-12(11-18-15)5-3-4-10-20/h1-2,6-9,11,20H,4,10H2,(H,19,21). The molecule has 2 N–H and O–H groups in total. The Bertz CT molecular complexity index is 687. The minimum absolute atomic E-state index is 0.0265. The van der Waals surface area contributed by atoms with Gasteiger partial charge in [0.15, 0.2) is 0 Å². The second-order valence-electron chi connectivity index (χ2n) is 4.14. The van der Waals surface area contributed by atoms with E-state index in [2.05, 4.69) is 22.1 Å². The SMILES string of the molecule is O=C(Nc1ccccc1Cl)c1ccc(C#CCCO)cn1. The zero-order chi connectivity index (χ0) is 15.1. The highest BCUT2D eigenvalue weighted by Gasteiger charge is 2.09. The molecule has 0 aliphatic heterocycles. The van der Waals surface area contributed by atoms with Crippen LogP contribution in [0, 0.1) is 11.8 Å². The molecule has 0 saturated heterocycles. The Balaban J connectivity index is 2.07. The molecule has 4 nitrogen and oxygen atoms in total. The number of carbonyl (C=O) groups is 1. The number of nitrogens with one attached hydrogen (secondary N) is 1. The first-order chi connectivity index (χ1) is 10.2. The molecule has 0 saturated carbocycles. The van der Waals surface area contributed by atoms with Gasteiger partial charge in [-0.2, -0.15) is 0 Å². The number of aliphatic hydroxyl groups is 1. The van der Waals surface area contributed by atoms with Gasteiger partial charge >= 0.3 is 0 Å². The molecule has 21 heavy (non-hydrogen) atoms. The van der Waals surface area contributed by atoms with Gasteiger partial charge in [0.1, 0.15) is 5.69 Å². The number of halogens is 1. The van der Waals surface area contributed by atoms with Gasteiger partial charge in [-0.1, -0.05) is 35.6 Å². The third-order valence-corrected chi connectivity index (χ3v) is 2.92. The smallest absolute Gasteiger partial charge is 0.274 e. The summed E-state index contributed by atoms with van der Waals surface area (Å²) in [5.41, 5.74) is 1.51. The van der Waals surface area contributed by atoms with Crippen molar-refractivity contribution in [1.29, 1.82) is 0 Å². The van der Waals surface area contributed by atoms with Crippen molar-refractivity contribution in [1.82, 2.24) is 4.98 Å². The first-order valence-electron chi connectivity index (χ1n) is 6.32. The Kier molecular flexibility index (Phi) is 5.33. The van der Waals surface area contributed by atoms with Gasteiger partial charge in [-0.25, -0.2) is 4.98 Å². The van der Waals surface area contributed by atoms with Crippen LogP contribution in [0.2, 0.25) is 5.02 Å². The predicted octanol–water partition coefficient (Wildman–Crippen LogP) is 2.72. The van der Waals surface area contributed by atoms with Crippen LogP contribution in [-0.2, 0) is 0 Å². The van der Waals surface area contributed by atoms with Gasteiger partial charge in [0.25, 0.3) is 5.91 Å². The molecule has 1 aromatic heterocycles. The molecular weight excluding hydrogens is 288 g/mol. The highest BCUT2D eigenvalue weighted by Crippen LogP contribution is 2.20. The van der Waals surface area contributed by atoms with Crippen molar-refractivity contribution in [3.63, 3.8) is 0 Å². The number of aromatic nitrogens is 1. The number of nitrogens with zero attached hydrogens (tertiary/aromatic N) is 1. The zero-order valence-electron chi connectivity index (χ0n) is 11.1. The quantitative estimate of drug-likeness (QED) is 0.857. The van der Waals surface area contributed by atoms with Crippen molar-refractivity contribution in [2.24, 2.45) is 0 Å². The highest BCUT2D eigenvalue weighted by molar-refractivity contribution is 6.33. The number of amides is 1. The molecule has 0 fully saturated rings. The third-order valence-electron chi connectivity index (χ3n) is 2.59. The number of rotatable bonds is 3. The number of hydrogen-bond acceptors (Lipinski definition) is 3. The lowest BCUT2D eigenvalue weighted by Crippen LogP contribution is -2.13. The van der Waals surface area contributed by atoms with Gasteiger partial charge in [-0.15, -0.1) is 0 Å². The van der Waals surface area contributed by atoms with Crippen LogP contribution in [0.5, 0.6) is 0 Å². The summed E-state index contributed by atoms with van der Waals surface area (Å²) in [6.45, 7) is 0.0265. The summed E-state index contributed by atoms with van der Waals surface area (Å²) in [6, 6.07) is 10.3. The van der Waals surface area contributed by atoms with Gasteiger partial charge in [0, 0.05) is 18.2 Å². The summed E-state index contributed by atoms with van der Waals surface area (Å²) in [5, 5.41) is 11.8. The lowest BCUT2D eigenvalue weighted by molar-refractivity contribution is 0.102. The largest absolute Gasteiger partial charge is 0.395 e. The van der Waals surface area contributed by atoms with Crippen molar-refractivity contribution >= 4 is 23.2 Å². The Hall–Kier alpha value is -2.35. The fraction of sp³-hybridized carbons (Fsp3) is 0.125. The van der Waals surface area contributed by atoms with E-state index in [1.807, 2.05) is 0 Å². The lowest BCUT2D eigenvalue weighted by atomic mass is 10.2. The third kappa shape index (κ3) is 4.32. The molecule has 106 valence electrons. The number of hydrogen-bond donors (Lipinski definition) is 2. The van der Waals surface area contributed by atoms with Crippen molar-refractivity contribution in [2.45, 2.75) is 6.42 Å². The van der Waals surface area contributed by atoms with Crippen LogP contribution in [0.4, 0.5) is 5.69 Å². The molecule has 0 atom stereocenters. The average Bonchev–Trinajstić information content (AvgIpc) is 2.50. The maximum absolute atomic E-state index is 12.0. The molecule has 0 aliphatic carbocycles. The van der Waals surface area contributed by atoms with E-state index in [0.717, 1.165) is 0 Å². The predicted molar refractivity (Wildman–Crippen MR) is 82.2 cm³/mol. The molecule has 0 radical (unpaired) electrons. The molecule has 2 aromatic rings. The van der Waals surface area contributed by atoms with Gasteiger partial charge in [-0.3, -0.25) is 4.79 Å². The molecule has 0 spiro atoms. The van der Waals surface area contributed by atoms with E-state index in [4.69, 9.17) is 16.7 Å². The van der Waals surface area contributed by atoms with Crippen LogP contribution in [0.3, 0.4) is 0 Å². The summed E-state index contributed by atoms with van der Waals surface area (Å²) in [5.74, 6) is 5.30. The Morgan fingerprint density at radius 2 is 2.10 bits per heavy atom. The minimum atomic E-state index is -0.335.